The fraction of sp³-hybridized carbons (Fsp3) is 0.375. The zero-order chi connectivity index (χ0) is 14.5. The summed E-state index contributed by atoms with van der Waals surface area (Å²) in [6, 6.07) is 8.23. The molecule has 0 saturated heterocycles. The molecule has 1 N–H and O–H groups in total. The molecule has 2 aromatic rings. The van der Waals surface area contributed by atoms with E-state index in [0.29, 0.717) is 19.8 Å². The van der Waals surface area contributed by atoms with Gasteiger partial charge in [0.1, 0.15) is 6.33 Å². The molecular weight excluding hydrogens is 266 g/mol. The Morgan fingerprint density at radius 3 is 2.86 bits per heavy atom. The first-order chi connectivity index (χ1) is 10.3. The summed E-state index contributed by atoms with van der Waals surface area (Å²) in [7, 11) is 0. The van der Waals surface area contributed by atoms with E-state index in [4.69, 9.17) is 9.47 Å². The fourth-order valence-corrected chi connectivity index (χ4v) is 2.25. The Hall–Kier alpha value is -2.14. The van der Waals surface area contributed by atoms with Crippen LogP contribution in [-0.4, -0.2) is 23.2 Å². The van der Waals surface area contributed by atoms with Crippen LogP contribution in [0.1, 0.15) is 30.6 Å². The van der Waals surface area contributed by atoms with E-state index in [1.807, 2.05) is 12.1 Å². The lowest BCUT2D eigenvalue weighted by molar-refractivity contribution is 0.297. The molecule has 1 aliphatic heterocycles. The van der Waals surface area contributed by atoms with Crippen molar-refractivity contribution in [2.45, 2.75) is 25.9 Å². The SMILES string of the molecule is CC(NCc1ccncn1)c1ccc2c(c1)OCCCO2. The summed E-state index contributed by atoms with van der Waals surface area (Å²) in [6.45, 7) is 4.26. The lowest BCUT2D eigenvalue weighted by atomic mass is 10.1. The van der Waals surface area contributed by atoms with Crippen LogP contribution < -0.4 is 14.8 Å². The molecule has 1 aromatic carbocycles. The standard InChI is InChI=1S/C16H19N3O2/c1-12(18-10-14-5-6-17-11-19-14)13-3-4-15-16(9-13)21-8-2-7-20-15/h3-6,9,11-12,18H,2,7-8,10H2,1H3. The third-order valence-corrected chi connectivity index (χ3v) is 3.50. The van der Waals surface area contributed by atoms with Crippen molar-refractivity contribution in [2.75, 3.05) is 13.2 Å². The van der Waals surface area contributed by atoms with Gasteiger partial charge in [-0.15, -0.1) is 0 Å². The number of rotatable bonds is 4. The van der Waals surface area contributed by atoms with Gasteiger partial charge in [-0.1, -0.05) is 6.07 Å². The van der Waals surface area contributed by atoms with Crippen molar-refractivity contribution >= 4 is 0 Å². The first-order valence-electron chi connectivity index (χ1n) is 7.21. The number of aromatic nitrogens is 2. The molecule has 0 radical (unpaired) electrons. The Morgan fingerprint density at radius 2 is 2.05 bits per heavy atom. The Balaban J connectivity index is 1.67. The van der Waals surface area contributed by atoms with Gasteiger partial charge in [-0.2, -0.15) is 0 Å². The molecule has 5 heteroatoms. The van der Waals surface area contributed by atoms with Crippen molar-refractivity contribution in [3.8, 4) is 11.5 Å². The molecule has 0 fully saturated rings. The van der Waals surface area contributed by atoms with Gasteiger partial charge in [-0.25, -0.2) is 9.97 Å². The number of fused-ring (bicyclic) bond motifs is 1. The van der Waals surface area contributed by atoms with E-state index in [9.17, 15) is 0 Å². The summed E-state index contributed by atoms with van der Waals surface area (Å²) < 4.78 is 11.4. The van der Waals surface area contributed by atoms with Gasteiger partial charge in [0.15, 0.2) is 11.5 Å². The van der Waals surface area contributed by atoms with E-state index in [1.54, 1.807) is 12.5 Å². The molecule has 5 nitrogen and oxygen atoms in total. The second kappa shape index (κ2) is 6.54. The predicted octanol–water partition coefficient (Wildman–Crippen LogP) is 2.49. The zero-order valence-electron chi connectivity index (χ0n) is 12.1. The van der Waals surface area contributed by atoms with Gasteiger partial charge in [0.25, 0.3) is 0 Å². The molecule has 0 bridgehead atoms. The number of nitrogens with one attached hydrogen (secondary N) is 1. The summed E-state index contributed by atoms with van der Waals surface area (Å²) in [5.41, 5.74) is 2.15. The highest BCUT2D eigenvalue weighted by molar-refractivity contribution is 5.44. The fourth-order valence-electron chi connectivity index (χ4n) is 2.25. The molecule has 21 heavy (non-hydrogen) atoms. The molecule has 110 valence electrons. The lowest BCUT2D eigenvalue weighted by Gasteiger charge is -2.16. The highest BCUT2D eigenvalue weighted by Crippen LogP contribution is 2.32. The minimum Gasteiger partial charge on any atom is -0.490 e. The lowest BCUT2D eigenvalue weighted by Crippen LogP contribution is -2.18. The third-order valence-electron chi connectivity index (χ3n) is 3.50. The Labute approximate surface area is 124 Å². The summed E-state index contributed by atoms with van der Waals surface area (Å²) in [4.78, 5) is 8.13. The second-order valence-corrected chi connectivity index (χ2v) is 5.06. The molecule has 1 aromatic heterocycles. The molecule has 2 heterocycles. The third kappa shape index (κ3) is 3.49. The van der Waals surface area contributed by atoms with Crippen molar-refractivity contribution in [3.63, 3.8) is 0 Å². The van der Waals surface area contributed by atoms with E-state index in [2.05, 4.69) is 34.3 Å². The van der Waals surface area contributed by atoms with Gasteiger partial charge in [0.05, 0.1) is 18.9 Å². The van der Waals surface area contributed by atoms with Gasteiger partial charge in [-0.05, 0) is 30.7 Å². The zero-order valence-corrected chi connectivity index (χ0v) is 12.1. The van der Waals surface area contributed by atoms with Crippen LogP contribution >= 0.6 is 0 Å². The average molecular weight is 285 g/mol. The van der Waals surface area contributed by atoms with Crippen molar-refractivity contribution in [3.05, 3.63) is 48.0 Å². The van der Waals surface area contributed by atoms with E-state index in [0.717, 1.165) is 23.6 Å². The van der Waals surface area contributed by atoms with E-state index >= 15 is 0 Å². The Bertz CT molecular complexity index is 589. The smallest absolute Gasteiger partial charge is 0.161 e. The number of hydrogen-bond acceptors (Lipinski definition) is 5. The molecule has 1 unspecified atom stereocenters. The maximum atomic E-state index is 5.73. The quantitative estimate of drug-likeness (QED) is 0.935. The second-order valence-electron chi connectivity index (χ2n) is 5.06. The van der Waals surface area contributed by atoms with E-state index < -0.39 is 0 Å². The molecule has 1 aliphatic rings. The predicted molar refractivity (Wildman–Crippen MR) is 79.3 cm³/mol. The van der Waals surface area contributed by atoms with E-state index in [-0.39, 0.29) is 6.04 Å². The van der Waals surface area contributed by atoms with Crippen LogP contribution in [0.2, 0.25) is 0 Å². The van der Waals surface area contributed by atoms with Crippen LogP contribution in [0.5, 0.6) is 11.5 Å². The van der Waals surface area contributed by atoms with Crippen LogP contribution in [-0.2, 0) is 6.54 Å². The minimum atomic E-state index is 0.206. The highest BCUT2D eigenvalue weighted by atomic mass is 16.5. The summed E-state index contributed by atoms with van der Waals surface area (Å²) >= 11 is 0. The van der Waals surface area contributed by atoms with Crippen LogP contribution in [0.15, 0.2) is 36.8 Å². The number of hydrogen-bond donors (Lipinski definition) is 1. The van der Waals surface area contributed by atoms with Gasteiger partial charge in [0.2, 0.25) is 0 Å². The monoisotopic (exact) mass is 285 g/mol. The maximum absolute atomic E-state index is 5.73. The van der Waals surface area contributed by atoms with Gasteiger partial charge >= 0.3 is 0 Å². The Morgan fingerprint density at radius 1 is 1.19 bits per heavy atom. The summed E-state index contributed by atoms with van der Waals surface area (Å²) in [6.07, 6.45) is 4.24. The topological polar surface area (TPSA) is 56.3 Å². The van der Waals surface area contributed by atoms with Gasteiger partial charge < -0.3 is 14.8 Å². The number of benzene rings is 1. The van der Waals surface area contributed by atoms with Crippen LogP contribution in [0.3, 0.4) is 0 Å². The molecule has 0 saturated carbocycles. The largest absolute Gasteiger partial charge is 0.490 e. The van der Waals surface area contributed by atoms with E-state index in [1.165, 1.54) is 5.56 Å². The minimum absolute atomic E-state index is 0.206. The Kier molecular flexibility index (Phi) is 4.31. The van der Waals surface area contributed by atoms with Crippen molar-refractivity contribution < 1.29 is 9.47 Å². The molecule has 3 rings (SSSR count). The molecule has 1 atom stereocenters. The normalized spacial score (nSPS) is 15.3. The van der Waals surface area contributed by atoms with Crippen LogP contribution in [0.4, 0.5) is 0 Å². The molecule has 0 aliphatic carbocycles. The first-order valence-corrected chi connectivity index (χ1v) is 7.21. The molecule has 0 amide bonds. The number of nitrogens with zero attached hydrogens (tertiary/aromatic N) is 2. The average Bonchev–Trinajstić information content (AvgIpc) is 2.78. The van der Waals surface area contributed by atoms with Crippen LogP contribution in [0, 0.1) is 0 Å². The van der Waals surface area contributed by atoms with Gasteiger partial charge in [-0.3, -0.25) is 0 Å². The molecular formula is C16H19N3O2. The maximum Gasteiger partial charge on any atom is 0.161 e. The highest BCUT2D eigenvalue weighted by Gasteiger charge is 2.13. The van der Waals surface area contributed by atoms with Crippen molar-refractivity contribution in [2.24, 2.45) is 0 Å². The first kappa shape index (κ1) is 13.8. The van der Waals surface area contributed by atoms with Crippen LogP contribution in [0.25, 0.3) is 0 Å². The van der Waals surface area contributed by atoms with Gasteiger partial charge in [0, 0.05) is 25.2 Å². The summed E-state index contributed by atoms with van der Waals surface area (Å²) in [5, 5.41) is 3.45. The van der Waals surface area contributed by atoms with Crippen molar-refractivity contribution in [1.82, 2.24) is 15.3 Å². The van der Waals surface area contributed by atoms with Crippen molar-refractivity contribution in [1.29, 1.82) is 0 Å². The number of ether oxygens (including phenoxy) is 2. The molecule has 0 spiro atoms. The summed E-state index contributed by atoms with van der Waals surface area (Å²) in [5.74, 6) is 1.67.